The number of aryl methyl sites for hydroxylation is 1. The summed E-state index contributed by atoms with van der Waals surface area (Å²) in [6, 6.07) is 21.3. The van der Waals surface area contributed by atoms with E-state index in [2.05, 4.69) is 37.4 Å². The first-order valence-electron chi connectivity index (χ1n) is 13.0. The Bertz CT molecular complexity index is 1090. The maximum Gasteiger partial charge on any atom is 0.311 e. The first-order chi connectivity index (χ1) is 17.6. The largest absolute Gasteiger partial charge is 0.494 e. The zero-order valence-electron chi connectivity index (χ0n) is 21.5. The quantitative estimate of drug-likeness (QED) is 0.138. The highest BCUT2D eigenvalue weighted by Gasteiger charge is 2.16. The van der Waals surface area contributed by atoms with Crippen molar-refractivity contribution in [1.82, 2.24) is 5.32 Å². The van der Waals surface area contributed by atoms with E-state index in [9.17, 15) is 10.1 Å². The minimum Gasteiger partial charge on any atom is -0.494 e. The molecule has 0 saturated heterocycles. The van der Waals surface area contributed by atoms with Crippen molar-refractivity contribution in [3.63, 3.8) is 0 Å². The normalized spacial score (nSPS) is 10.8. The van der Waals surface area contributed by atoms with E-state index >= 15 is 0 Å². The molecular weight excluding hydrogens is 452 g/mol. The number of unbranched alkanes of at least 4 members (excludes halogenated alkanes) is 1. The molecule has 0 radical (unpaired) electrons. The van der Waals surface area contributed by atoms with Crippen LogP contribution in [0.3, 0.4) is 0 Å². The second kappa shape index (κ2) is 14.9. The molecule has 0 spiro atoms. The minimum atomic E-state index is -0.373. The zero-order chi connectivity index (χ0) is 25.6. The Labute approximate surface area is 214 Å². The molecule has 0 heterocycles. The molecule has 3 aromatic rings. The summed E-state index contributed by atoms with van der Waals surface area (Å²) in [4.78, 5) is 11.2. The molecule has 0 atom stereocenters. The van der Waals surface area contributed by atoms with Crippen LogP contribution in [0.15, 0.2) is 66.7 Å². The lowest BCUT2D eigenvalue weighted by Gasteiger charge is -2.13. The Balaban J connectivity index is 1.49. The lowest BCUT2D eigenvalue weighted by molar-refractivity contribution is -0.386. The number of nitro benzene ring substituents is 1. The molecule has 0 aliphatic heterocycles. The molecule has 36 heavy (non-hydrogen) atoms. The lowest BCUT2D eigenvalue weighted by atomic mass is 10.00. The van der Waals surface area contributed by atoms with Crippen LogP contribution in [0.2, 0.25) is 0 Å². The average Bonchev–Trinajstić information content (AvgIpc) is 2.89. The summed E-state index contributed by atoms with van der Waals surface area (Å²) in [6.07, 6.45) is 6.00. The number of rotatable bonds is 16. The van der Waals surface area contributed by atoms with E-state index in [0.29, 0.717) is 18.8 Å². The van der Waals surface area contributed by atoms with Gasteiger partial charge in [-0.3, -0.25) is 10.1 Å². The number of ether oxygens (including phenoxy) is 2. The molecule has 192 valence electrons. The van der Waals surface area contributed by atoms with Crippen LogP contribution in [0, 0.1) is 10.1 Å². The van der Waals surface area contributed by atoms with E-state index in [1.54, 1.807) is 12.1 Å². The minimum absolute atomic E-state index is 0.00823. The van der Waals surface area contributed by atoms with Gasteiger partial charge in [0.2, 0.25) is 0 Å². The summed E-state index contributed by atoms with van der Waals surface area (Å²) in [5.74, 6) is 1.26. The molecule has 1 N–H and O–H groups in total. The highest BCUT2D eigenvalue weighted by molar-refractivity contribution is 5.49. The molecule has 0 aliphatic carbocycles. The van der Waals surface area contributed by atoms with Crippen LogP contribution in [0.5, 0.6) is 11.5 Å². The summed E-state index contributed by atoms with van der Waals surface area (Å²) in [7, 11) is 0. The van der Waals surface area contributed by atoms with Gasteiger partial charge in [-0.1, -0.05) is 69.2 Å². The Hall–Kier alpha value is -3.38. The highest BCUT2D eigenvalue weighted by Crippen LogP contribution is 2.29. The van der Waals surface area contributed by atoms with E-state index in [1.807, 2.05) is 36.4 Å². The van der Waals surface area contributed by atoms with Crippen LogP contribution < -0.4 is 14.8 Å². The number of nitrogens with one attached hydrogen (secondary N) is 1. The first-order valence-corrected chi connectivity index (χ1v) is 13.0. The SMILES string of the molecule is CCCCOc1ccc(CCNCCc2ccc(OCc3ccccc3)c([N+](=O)[O-])c2)c(CCC)c1. The third-order valence-electron chi connectivity index (χ3n) is 6.08. The molecular formula is C30H38N2O4. The monoisotopic (exact) mass is 490 g/mol. The van der Waals surface area contributed by atoms with Crippen LogP contribution in [0.25, 0.3) is 0 Å². The van der Waals surface area contributed by atoms with Crippen LogP contribution in [-0.2, 0) is 25.9 Å². The van der Waals surface area contributed by atoms with Crippen LogP contribution >= 0.6 is 0 Å². The Morgan fingerprint density at radius 3 is 2.36 bits per heavy atom. The first kappa shape index (κ1) is 27.2. The maximum atomic E-state index is 11.6. The zero-order valence-corrected chi connectivity index (χ0v) is 21.5. The van der Waals surface area contributed by atoms with Gasteiger partial charge in [-0.2, -0.15) is 0 Å². The molecule has 0 amide bonds. The number of nitrogens with zero attached hydrogens (tertiary/aromatic N) is 1. The molecule has 0 unspecified atom stereocenters. The van der Waals surface area contributed by atoms with Gasteiger partial charge in [0.05, 0.1) is 11.5 Å². The molecule has 3 aromatic carbocycles. The van der Waals surface area contributed by atoms with Gasteiger partial charge < -0.3 is 14.8 Å². The molecule has 0 aromatic heterocycles. The predicted octanol–water partition coefficient (Wildman–Crippen LogP) is 6.68. The molecule has 0 fully saturated rings. The average molecular weight is 491 g/mol. The third kappa shape index (κ3) is 8.68. The lowest BCUT2D eigenvalue weighted by Crippen LogP contribution is -2.20. The van der Waals surface area contributed by atoms with Crippen molar-refractivity contribution < 1.29 is 14.4 Å². The van der Waals surface area contributed by atoms with E-state index in [1.165, 1.54) is 11.1 Å². The van der Waals surface area contributed by atoms with Gasteiger partial charge in [0, 0.05) is 6.07 Å². The van der Waals surface area contributed by atoms with Gasteiger partial charge in [0.1, 0.15) is 12.4 Å². The summed E-state index contributed by atoms with van der Waals surface area (Å²) in [5, 5.41) is 15.1. The number of hydrogen-bond acceptors (Lipinski definition) is 5. The summed E-state index contributed by atoms with van der Waals surface area (Å²) in [6.45, 7) is 7.04. The van der Waals surface area contributed by atoms with Crippen molar-refractivity contribution in [2.75, 3.05) is 19.7 Å². The van der Waals surface area contributed by atoms with Crippen molar-refractivity contribution in [3.05, 3.63) is 99.1 Å². The van der Waals surface area contributed by atoms with Crippen molar-refractivity contribution in [1.29, 1.82) is 0 Å². The number of benzene rings is 3. The predicted molar refractivity (Wildman–Crippen MR) is 145 cm³/mol. The van der Waals surface area contributed by atoms with E-state index in [-0.39, 0.29) is 10.6 Å². The fraction of sp³-hybridized carbons (Fsp3) is 0.400. The highest BCUT2D eigenvalue weighted by atomic mass is 16.6. The van der Waals surface area contributed by atoms with Gasteiger partial charge in [-0.15, -0.1) is 0 Å². The van der Waals surface area contributed by atoms with Gasteiger partial charge in [0.25, 0.3) is 0 Å². The van der Waals surface area contributed by atoms with Crippen molar-refractivity contribution in [2.24, 2.45) is 0 Å². The van der Waals surface area contributed by atoms with Crippen LogP contribution in [0.4, 0.5) is 5.69 Å². The Morgan fingerprint density at radius 1 is 0.806 bits per heavy atom. The fourth-order valence-electron chi connectivity index (χ4n) is 4.07. The van der Waals surface area contributed by atoms with Gasteiger partial charge >= 0.3 is 5.69 Å². The summed E-state index contributed by atoms with van der Waals surface area (Å²) in [5.41, 5.74) is 4.61. The van der Waals surface area contributed by atoms with Crippen LogP contribution in [0.1, 0.15) is 55.4 Å². The van der Waals surface area contributed by atoms with Crippen molar-refractivity contribution in [3.8, 4) is 11.5 Å². The van der Waals surface area contributed by atoms with Crippen molar-refractivity contribution in [2.45, 2.75) is 59.0 Å². The maximum absolute atomic E-state index is 11.6. The number of nitro groups is 1. The molecule has 0 bridgehead atoms. The molecule has 0 saturated carbocycles. The second-order valence-corrected chi connectivity index (χ2v) is 8.97. The smallest absolute Gasteiger partial charge is 0.311 e. The molecule has 6 heteroatoms. The molecule has 3 rings (SSSR count). The number of hydrogen-bond donors (Lipinski definition) is 1. The Morgan fingerprint density at radius 2 is 1.61 bits per heavy atom. The second-order valence-electron chi connectivity index (χ2n) is 8.97. The standard InChI is InChI=1S/C30H38N2O4/c1-3-5-20-35-28-14-13-26(27(22-28)9-4-2)17-19-31-18-16-24-12-15-30(29(21-24)32(33)34)36-23-25-10-7-6-8-11-25/h6-8,10-15,21-22,31H,3-5,9,16-20,23H2,1-2H3. The topological polar surface area (TPSA) is 73.6 Å². The van der Waals surface area contributed by atoms with Gasteiger partial charge in [-0.25, -0.2) is 0 Å². The fourth-order valence-corrected chi connectivity index (χ4v) is 4.07. The Kier molecular flexibility index (Phi) is 11.3. The summed E-state index contributed by atoms with van der Waals surface area (Å²) < 4.78 is 11.6. The van der Waals surface area contributed by atoms with Gasteiger partial charge in [-0.05, 0) is 79.2 Å². The molecule has 6 nitrogen and oxygen atoms in total. The summed E-state index contributed by atoms with van der Waals surface area (Å²) >= 11 is 0. The molecule has 0 aliphatic rings. The van der Waals surface area contributed by atoms with E-state index in [4.69, 9.17) is 9.47 Å². The van der Waals surface area contributed by atoms with Gasteiger partial charge in [0.15, 0.2) is 5.75 Å². The van der Waals surface area contributed by atoms with E-state index < -0.39 is 0 Å². The van der Waals surface area contributed by atoms with E-state index in [0.717, 1.165) is 68.7 Å². The van der Waals surface area contributed by atoms with Crippen LogP contribution in [-0.4, -0.2) is 24.6 Å². The van der Waals surface area contributed by atoms with Crippen molar-refractivity contribution >= 4 is 5.69 Å². The third-order valence-corrected chi connectivity index (χ3v) is 6.08.